The maximum atomic E-state index is 12.8. The van der Waals surface area contributed by atoms with E-state index in [-0.39, 0.29) is 10.8 Å². The van der Waals surface area contributed by atoms with Crippen molar-refractivity contribution in [2.24, 2.45) is 0 Å². The fraction of sp³-hybridized carbons (Fsp3) is 0.158. The quantitative estimate of drug-likeness (QED) is 0.707. The largest absolute Gasteiger partial charge is 0.355 e. The van der Waals surface area contributed by atoms with E-state index in [0.29, 0.717) is 16.9 Å². The lowest BCUT2D eigenvalue weighted by Gasteiger charge is -2.14. The second-order valence-electron chi connectivity index (χ2n) is 6.07. The fourth-order valence-corrected chi connectivity index (χ4v) is 3.83. The number of amides is 1. The average Bonchev–Trinajstić information content (AvgIpc) is 2.99. The van der Waals surface area contributed by atoms with Crippen LogP contribution >= 0.6 is 0 Å². The molecule has 2 aromatic carbocycles. The Morgan fingerprint density at radius 1 is 1.04 bits per heavy atom. The normalized spacial score (nSPS) is 11.2. The zero-order chi connectivity index (χ0) is 19.6. The predicted molar refractivity (Wildman–Crippen MR) is 104 cm³/mol. The van der Waals surface area contributed by atoms with Crippen molar-refractivity contribution in [1.82, 2.24) is 15.1 Å². The van der Waals surface area contributed by atoms with Crippen molar-refractivity contribution < 1.29 is 13.2 Å². The van der Waals surface area contributed by atoms with E-state index >= 15 is 0 Å². The molecule has 1 aromatic heterocycles. The number of benzene rings is 2. The lowest BCUT2D eigenvalue weighted by atomic mass is 10.2. The summed E-state index contributed by atoms with van der Waals surface area (Å²) in [6.07, 6.45) is 0. The molecule has 0 bridgehead atoms. The summed E-state index contributed by atoms with van der Waals surface area (Å²) in [6.45, 7) is 3.78. The highest BCUT2D eigenvalue weighted by atomic mass is 32.2. The monoisotopic (exact) mass is 384 g/mol. The van der Waals surface area contributed by atoms with Crippen LogP contribution < -0.4 is 10.0 Å². The van der Waals surface area contributed by atoms with Gasteiger partial charge < -0.3 is 5.32 Å². The van der Waals surface area contributed by atoms with Crippen LogP contribution in [0.25, 0.3) is 5.69 Å². The molecule has 3 rings (SSSR count). The van der Waals surface area contributed by atoms with Crippen LogP contribution in [0.15, 0.2) is 59.5 Å². The molecule has 0 spiro atoms. The molecular weight excluding hydrogens is 364 g/mol. The van der Waals surface area contributed by atoms with Gasteiger partial charge >= 0.3 is 0 Å². The van der Waals surface area contributed by atoms with E-state index in [1.54, 1.807) is 22.9 Å². The molecule has 1 heterocycles. The summed E-state index contributed by atoms with van der Waals surface area (Å²) in [6, 6.07) is 14.7. The van der Waals surface area contributed by atoms with Gasteiger partial charge in [-0.2, -0.15) is 5.10 Å². The Kier molecular flexibility index (Phi) is 5.00. The van der Waals surface area contributed by atoms with Gasteiger partial charge in [-0.3, -0.25) is 9.52 Å². The Morgan fingerprint density at radius 3 is 2.30 bits per heavy atom. The van der Waals surface area contributed by atoms with Gasteiger partial charge in [0.05, 0.1) is 22.0 Å². The van der Waals surface area contributed by atoms with Crippen LogP contribution in [0.1, 0.15) is 21.7 Å². The molecule has 2 N–H and O–H groups in total. The van der Waals surface area contributed by atoms with Crippen LogP contribution in [0.3, 0.4) is 0 Å². The summed E-state index contributed by atoms with van der Waals surface area (Å²) < 4.78 is 29.9. The van der Waals surface area contributed by atoms with E-state index in [9.17, 15) is 13.2 Å². The van der Waals surface area contributed by atoms with Crippen molar-refractivity contribution in [2.45, 2.75) is 18.7 Å². The molecule has 0 aliphatic heterocycles. The number of nitrogens with zero attached hydrogens (tertiary/aromatic N) is 2. The first-order valence-corrected chi connectivity index (χ1v) is 9.78. The highest BCUT2D eigenvalue weighted by molar-refractivity contribution is 7.92. The fourth-order valence-electron chi connectivity index (χ4n) is 2.75. The first kappa shape index (κ1) is 18.7. The number of sulfonamides is 1. The lowest BCUT2D eigenvalue weighted by Crippen LogP contribution is -2.18. The van der Waals surface area contributed by atoms with Gasteiger partial charge in [-0.05, 0) is 56.3 Å². The van der Waals surface area contributed by atoms with Gasteiger partial charge in [-0.1, -0.05) is 12.1 Å². The number of carbonyl (C=O) groups excluding carboxylic acids is 1. The zero-order valence-corrected chi connectivity index (χ0v) is 16.0. The van der Waals surface area contributed by atoms with Crippen molar-refractivity contribution in [2.75, 3.05) is 11.8 Å². The summed E-state index contributed by atoms with van der Waals surface area (Å²) in [7, 11) is -2.30. The molecule has 0 saturated carbocycles. The molecule has 0 radical (unpaired) electrons. The van der Waals surface area contributed by atoms with Gasteiger partial charge in [-0.25, -0.2) is 13.1 Å². The SMILES string of the molecule is CNC(=O)c1ccc(S(=O)(=O)Nc2ccccc2-n2nc(C)cc2C)cc1. The standard InChI is InChI=1S/C19H20N4O3S/c1-13-12-14(2)23(21-13)18-7-5-4-6-17(18)22-27(25,26)16-10-8-15(9-11-16)19(24)20-3/h4-12,22H,1-3H3,(H,20,24). The van der Waals surface area contributed by atoms with Crippen molar-refractivity contribution in [1.29, 1.82) is 0 Å². The van der Waals surface area contributed by atoms with Gasteiger partial charge in [0.25, 0.3) is 15.9 Å². The molecule has 0 unspecified atom stereocenters. The molecule has 140 valence electrons. The summed E-state index contributed by atoms with van der Waals surface area (Å²) >= 11 is 0. The predicted octanol–water partition coefficient (Wildman–Crippen LogP) is 2.65. The number of carbonyl (C=O) groups is 1. The van der Waals surface area contributed by atoms with Crippen molar-refractivity contribution in [3.05, 3.63) is 71.5 Å². The molecule has 7 nitrogen and oxygen atoms in total. The minimum Gasteiger partial charge on any atom is -0.355 e. The molecule has 0 aliphatic carbocycles. The third kappa shape index (κ3) is 3.85. The van der Waals surface area contributed by atoms with Crippen LogP contribution in [0.4, 0.5) is 5.69 Å². The third-order valence-corrected chi connectivity index (χ3v) is 5.42. The number of hydrogen-bond donors (Lipinski definition) is 2. The Morgan fingerprint density at radius 2 is 1.70 bits per heavy atom. The maximum absolute atomic E-state index is 12.8. The molecular formula is C19H20N4O3S. The van der Waals surface area contributed by atoms with Crippen molar-refractivity contribution >= 4 is 21.6 Å². The number of nitrogens with one attached hydrogen (secondary N) is 2. The van der Waals surface area contributed by atoms with E-state index < -0.39 is 10.0 Å². The van der Waals surface area contributed by atoms with Crippen LogP contribution in [0.5, 0.6) is 0 Å². The Balaban J connectivity index is 1.95. The molecule has 0 atom stereocenters. The summed E-state index contributed by atoms with van der Waals surface area (Å²) in [5.74, 6) is -0.276. The van der Waals surface area contributed by atoms with Crippen molar-refractivity contribution in [3.8, 4) is 5.69 Å². The van der Waals surface area contributed by atoms with Gasteiger partial charge in [0.2, 0.25) is 0 Å². The van der Waals surface area contributed by atoms with E-state index in [2.05, 4.69) is 15.1 Å². The third-order valence-electron chi connectivity index (χ3n) is 4.04. The second kappa shape index (κ2) is 7.24. The van der Waals surface area contributed by atoms with E-state index in [4.69, 9.17) is 0 Å². The van der Waals surface area contributed by atoms with Gasteiger partial charge in [0, 0.05) is 18.3 Å². The zero-order valence-electron chi connectivity index (χ0n) is 15.2. The topological polar surface area (TPSA) is 93.1 Å². The average molecular weight is 384 g/mol. The lowest BCUT2D eigenvalue weighted by molar-refractivity contribution is 0.0963. The molecule has 1 amide bonds. The van der Waals surface area contributed by atoms with Crippen LogP contribution in [0, 0.1) is 13.8 Å². The number of aromatic nitrogens is 2. The van der Waals surface area contributed by atoms with Crippen LogP contribution in [-0.2, 0) is 10.0 Å². The number of aryl methyl sites for hydroxylation is 2. The summed E-state index contributed by atoms with van der Waals surface area (Å²) in [5.41, 5.74) is 3.18. The van der Waals surface area contributed by atoms with Gasteiger partial charge in [0.1, 0.15) is 0 Å². The molecule has 0 aliphatic rings. The summed E-state index contributed by atoms with van der Waals surface area (Å²) in [4.78, 5) is 11.7. The Labute approximate surface area is 158 Å². The minimum absolute atomic E-state index is 0.0679. The summed E-state index contributed by atoms with van der Waals surface area (Å²) in [5, 5.41) is 6.92. The number of hydrogen-bond acceptors (Lipinski definition) is 4. The Bertz CT molecular complexity index is 1090. The minimum atomic E-state index is -3.82. The number of para-hydroxylation sites is 2. The van der Waals surface area contributed by atoms with E-state index in [1.807, 2.05) is 26.0 Å². The number of anilines is 1. The smallest absolute Gasteiger partial charge is 0.261 e. The first-order chi connectivity index (χ1) is 12.8. The maximum Gasteiger partial charge on any atom is 0.261 e. The van der Waals surface area contributed by atoms with Gasteiger partial charge in [0.15, 0.2) is 0 Å². The highest BCUT2D eigenvalue weighted by Crippen LogP contribution is 2.24. The first-order valence-electron chi connectivity index (χ1n) is 8.29. The Hall–Kier alpha value is -3.13. The van der Waals surface area contributed by atoms with Gasteiger partial charge in [-0.15, -0.1) is 0 Å². The molecule has 8 heteroatoms. The molecule has 3 aromatic rings. The van der Waals surface area contributed by atoms with Crippen molar-refractivity contribution in [3.63, 3.8) is 0 Å². The van der Waals surface area contributed by atoms with Crippen LogP contribution in [-0.4, -0.2) is 31.2 Å². The van der Waals surface area contributed by atoms with E-state index in [1.165, 1.54) is 31.3 Å². The second-order valence-corrected chi connectivity index (χ2v) is 7.75. The number of rotatable bonds is 5. The molecule has 27 heavy (non-hydrogen) atoms. The molecule has 0 fully saturated rings. The molecule has 0 saturated heterocycles. The van der Waals surface area contributed by atoms with Crippen LogP contribution in [0.2, 0.25) is 0 Å². The highest BCUT2D eigenvalue weighted by Gasteiger charge is 2.18. The van der Waals surface area contributed by atoms with E-state index in [0.717, 1.165) is 11.4 Å².